The minimum atomic E-state index is -3.32. The Labute approximate surface area is 104 Å². The highest BCUT2D eigenvalue weighted by atomic mass is 32.2. The van der Waals surface area contributed by atoms with Gasteiger partial charge in [-0.3, -0.25) is 0 Å². The molecule has 0 bridgehead atoms. The fourth-order valence-electron chi connectivity index (χ4n) is 1.23. The SMILES string of the molecule is CC(C)N(CCC(N)=S)S(=O)(=O)C(C)(C)C. The maximum atomic E-state index is 12.2. The van der Waals surface area contributed by atoms with Gasteiger partial charge in [-0.1, -0.05) is 12.2 Å². The van der Waals surface area contributed by atoms with Crippen LogP contribution in [0.1, 0.15) is 41.0 Å². The van der Waals surface area contributed by atoms with Crippen LogP contribution in [-0.2, 0) is 10.0 Å². The van der Waals surface area contributed by atoms with Gasteiger partial charge in [-0.2, -0.15) is 4.31 Å². The van der Waals surface area contributed by atoms with Crippen LogP contribution in [0.25, 0.3) is 0 Å². The van der Waals surface area contributed by atoms with Crippen molar-refractivity contribution >= 4 is 27.2 Å². The average Bonchev–Trinajstić information content (AvgIpc) is 1.99. The quantitative estimate of drug-likeness (QED) is 0.766. The molecule has 6 heteroatoms. The van der Waals surface area contributed by atoms with Gasteiger partial charge in [-0.15, -0.1) is 0 Å². The maximum Gasteiger partial charge on any atom is 0.219 e. The van der Waals surface area contributed by atoms with Crippen LogP contribution in [-0.4, -0.2) is 35.0 Å². The molecule has 2 N–H and O–H groups in total. The van der Waals surface area contributed by atoms with Gasteiger partial charge in [0.1, 0.15) is 0 Å². The second kappa shape index (κ2) is 5.42. The molecule has 0 unspecified atom stereocenters. The zero-order valence-corrected chi connectivity index (χ0v) is 12.3. The maximum absolute atomic E-state index is 12.2. The Kier molecular flexibility index (Phi) is 5.35. The van der Waals surface area contributed by atoms with Crippen LogP contribution in [0.5, 0.6) is 0 Å². The molecule has 96 valence electrons. The molecule has 0 aliphatic rings. The van der Waals surface area contributed by atoms with Gasteiger partial charge in [0, 0.05) is 19.0 Å². The zero-order chi connectivity index (χ0) is 13.1. The summed E-state index contributed by atoms with van der Waals surface area (Å²) >= 11 is 4.77. The Balaban J connectivity index is 5.01. The molecular weight excluding hydrogens is 244 g/mol. The van der Waals surface area contributed by atoms with Crippen molar-refractivity contribution in [2.24, 2.45) is 5.73 Å². The monoisotopic (exact) mass is 266 g/mol. The van der Waals surface area contributed by atoms with E-state index in [9.17, 15) is 8.42 Å². The summed E-state index contributed by atoms with van der Waals surface area (Å²) in [5, 5.41) is 0. The summed E-state index contributed by atoms with van der Waals surface area (Å²) < 4.78 is 25.2. The Morgan fingerprint density at radius 1 is 1.38 bits per heavy atom. The third-order valence-corrected chi connectivity index (χ3v) is 5.21. The van der Waals surface area contributed by atoms with Gasteiger partial charge < -0.3 is 5.73 Å². The standard InChI is InChI=1S/C10H22N2O2S2/c1-8(2)12(7-6-9(11)15)16(13,14)10(3,4)5/h8H,6-7H2,1-5H3,(H2,11,15). The van der Waals surface area contributed by atoms with Crippen molar-refractivity contribution in [3.8, 4) is 0 Å². The van der Waals surface area contributed by atoms with Crippen LogP contribution in [0.3, 0.4) is 0 Å². The molecule has 0 saturated heterocycles. The lowest BCUT2D eigenvalue weighted by molar-refractivity contribution is 0.350. The second-order valence-corrected chi connectivity index (χ2v) is 8.21. The highest BCUT2D eigenvalue weighted by Crippen LogP contribution is 2.22. The lowest BCUT2D eigenvalue weighted by Crippen LogP contribution is -2.47. The van der Waals surface area contributed by atoms with Crippen molar-refractivity contribution in [2.45, 2.75) is 51.8 Å². The molecule has 0 aromatic rings. The third kappa shape index (κ3) is 3.99. The molecule has 0 fully saturated rings. The molecule has 4 nitrogen and oxygen atoms in total. The molecule has 0 saturated carbocycles. The van der Waals surface area contributed by atoms with Crippen molar-refractivity contribution < 1.29 is 8.42 Å². The van der Waals surface area contributed by atoms with E-state index in [-0.39, 0.29) is 6.04 Å². The second-order valence-electron chi connectivity index (χ2n) is 5.04. The number of nitrogens with zero attached hydrogens (tertiary/aromatic N) is 1. The van der Waals surface area contributed by atoms with Crippen molar-refractivity contribution in [1.29, 1.82) is 0 Å². The summed E-state index contributed by atoms with van der Waals surface area (Å²) in [6.45, 7) is 9.13. The molecule has 0 atom stereocenters. The Bertz CT molecular complexity index is 342. The van der Waals surface area contributed by atoms with Crippen LogP contribution >= 0.6 is 12.2 Å². The first-order valence-corrected chi connectivity index (χ1v) is 7.14. The number of rotatable bonds is 5. The van der Waals surface area contributed by atoms with Gasteiger partial charge in [-0.25, -0.2) is 8.42 Å². The largest absolute Gasteiger partial charge is 0.393 e. The molecule has 0 heterocycles. The summed E-state index contributed by atoms with van der Waals surface area (Å²) in [6.07, 6.45) is 0.419. The first kappa shape index (κ1) is 15.8. The van der Waals surface area contributed by atoms with E-state index in [1.165, 1.54) is 4.31 Å². The topological polar surface area (TPSA) is 63.4 Å². The van der Waals surface area contributed by atoms with E-state index in [0.717, 1.165) is 0 Å². The van der Waals surface area contributed by atoms with Crippen LogP contribution in [0.4, 0.5) is 0 Å². The first-order valence-electron chi connectivity index (χ1n) is 5.30. The molecule has 16 heavy (non-hydrogen) atoms. The normalized spacial score (nSPS) is 13.4. The van der Waals surface area contributed by atoms with E-state index in [4.69, 9.17) is 18.0 Å². The van der Waals surface area contributed by atoms with E-state index in [0.29, 0.717) is 18.0 Å². The summed E-state index contributed by atoms with van der Waals surface area (Å²) in [6, 6.07) is -0.0847. The minimum Gasteiger partial charge on any atom is -0.393 e. The van der Waals surface area contributed by atoms with Gasteiger partial charge >= 0.3 is 0 Å². The van der Waals surface area contributed by atoms with Gasteiger partial charge in [-0.05, 0) is 34.6 Å². The van der Waals surface area contributed by atoms with Gasteiger partial charge in [0.2, 0.25) is 10.0 Å². The van der Waals surface area contributed by atoms with Gasteiger partial charge in [0.05, 0.1) is 9.74 Å². The van der Waals surface area contributed by atoms with E-state index in [2.05, 4.69) is 0 Å². The molecule has 0 spiro atoms. The van der Waals surface area contributed by atoms with Crippen molar-refractivity contribution in [1.82, 2.24) is 4.31 Å². The molecule has 0 radical (unpaired) electrons. The lowest BCUT2D eigenvalue weighted by atomic mass is 10.3. The number of thiocarbonyl (C=S) groups is 1. The van der Waals surface area contributed by atoms with E-state index in [1.54, 1.807) is 20.8 Å². The fourth-order valence-corrected chi connectivity index (χ4v) is 2.91. The van der Waals surface area contributed by atoms with Crippen LogP contribution in [0.2, 0.25) is 0 Å². The third-order valence-electron chi connectivity index (χ3n) is 2.24. The Morgan fingerprint density at radius 2 is 1.81 bits per heavy atom. The van der Waals surface area contributed by atoms with E-state index in [1.807, 2.05) is 13.8 Å². The van der Waals surface area contributed by atoms with Crippen LogP contribution in [0, 0.1) is 0 Å². The number of hydrogen-bond donors (Lipinski definition) is 1. The molecule has 0 aliphatic carbocycles. The molecule has 0 aromatic heterocycles. The van der Waals surface area contributed by atoms with Crippen molar-refractivity contribution in [3.63, 3.8) is 0 Å². The lowest BCUT2D eigenvalue weighted by Gasteiger charge is -2.32. The zero-order valence-electron chi connectivity index (χ0n) is 10.6. The fraction of sp³-hybridized carbons (Fsp3) is 0.900. The van der Waals surface area contributed by atoms with Crippen molar-refractivity contribution in [2.75, 3.05) is 6.54 Å². The summed E-state index contributed by atoms with van der Waals surface area (Å²) in [5.41, 5.74) is 5.40. The van der Waals surface area contributed by atoms with Crippen LogP contribution < -0.4 is 5.73 Å². The number of sulfonamides is 1. The highest BCUT2D eigenvalue weighted by Gasteiger charge is 2.36. The van der Waals surface area contributed by atoms with Crippen molar-refractivity contribution in [3.05, 3.63) is 0 Å². The Morgan fingerprint density at radius 3 is 2.06 bits per heavy atom. The molecule has 0 aliphatic heterocycles. The van der Waals surface area contributed by atoms with Crippen LogP contribution in [0.15, 0.2) is 0 Å². The molecular formula is C10H22N2O2S2. The van der Waals surface area contributed by atoms with Gasteiger partial charge in [0.15, 0.2) is 0 Å². The van der Waals surface area contributed by atoms with E-state index < -0.39 is 14.8 Å². The first-order chi connectivity index (χ1) is 7.00. The highest BCUT2D eigenvalue weighted by molar-refractivity contribution is 7.90. The van der Waals surface area contributed by atoms with E-state index >= 15 is 0 Å². The predicted molar refractivity (Wildman–Crippen MR) is 71.9 cm³/mol. The van der Waals surface area contributed by atoms with Gasteiger partial charge in [0.25, 0.3) is 0 Å². The Hall–Kier alpha value is -0.200. The summed E-state index contributed by atoms with van der Waals surface area (Å²) in [5.74, 6) is 0. The smallest absolute Gasteiger partial charge is 0.219 e. The number of hydrogen-bond acceptors (Lipinski definition) is 3. The molecule has 0 rings (SSSR count). The number of nitrogens with two attached hydrogens (primary N) is 1. The predicted octanol–water partition coefficient (Wildman–Crippen LogP) is 1.50. The molecule has 0 amide bonds. The average molecular weight is 266 g/mol. The minimum absolute atomic E-state index is 0.0847. The summed E-state index contributed by atoms with van der Waals surface area (Å²) in [4.78, 5) is 0.342. The summed E-state index contributed by atoms with van der Waals surface area (Å²) in [7, 11) is -3.32. The molecule has 0 aromatic carbocycles.